The Kier molecular flexibility index (Phi) is 9.62. The Morgan fingerprint density at radius 1 is 1.04 bits per heavy atom. The normalized spacial score (nSPS) is 33.3. The average Bonchev–Trinajstić information content (AvgIpc) is 3.31. The molecule has 13 nitrogen and oxygen atoms in total. The van der Waals surface area contributed by atoms with Crippen molar-refractivity contribution < 1.29 is 48.3 Å². The van der Waals surface area contributed by atoms with E-state index < -0.39 is 47.9 Å². The number of aliphatic carboxylic acids is 1. The molecule has 5 heterocycles. The van der Waals surface area contributed by atoms with Crippen molar-refractivity contribution in [3.05, 3.63) is 36.0 Å². The molecule has 4 N–H and O–H groups in total. The van der Waals surface area contributed by atoms with Gasteiger partial charge in [-0.1, -0.05) is 32.0 Å². The fraction of sp³-hybridized carbons (Fsp3) is 0.647. The molecule has 7 rings (SSSR count). The van der Waals surface area contributed by atoms with Crippen molar-refractivity contribution in [1.29, 1.82) is 0 Å². The molecule has 5 fully saturated rings. The summed E-state index contributed by atoms with van der Waals surface area (Å²) in [5.74, 6) is -2.91. The van der Waals surface area contributed by atoms with Crippen LogP contribution >= 0.6 is 0 Å². The highest BCUT2D eigenvalue weighted by molar-refractivity contribution is 5.87. The molecule has 0 unspecified atom stereocenters. The van der Waals surface area contributed by atoms with Gasteiger partial charge in [0.05, 0.1) is 6.42 Å². The van der Waals surface area contributed by atoms with Crippen molar-refractivity contribution in [2.75, 3.05) is 6.54 Å². The molecule has 13 heteroatoms. The molecule has 1 saturated carbocycles. The van der Waals surface area contributed by atoms with Crippen LogP contribution in [0.15, 0.2) is 30.5 Å². The summed E-state index contributed by atoms with van der Waals surface area (Å²) in [7, 11) is 0. The SMILES string of the molecule is C[C@@H]1[C@@H](OC(=O)CCC(=O)NCCCC(=O)N[C@H](Cc2c[nH]c3ccccc23)C(=O)O)O[C@H]2O[C@@]3(C)CC[C@H]4[C@H](C)CC[C@H]1[C@]24OO3. The molecule has 47 heavy (non-hydrogen) atoms. The van der Waals surface area contributed by atoms with E-state index in [-0.39, 0.29) is 55.9 Å². The quantitative estimate of drug-likeness (QED) is 0.150. The summed E-state index contributed by atoms with van der Waals surface area (Å²) in [6, 6.07) is 6.47. The Balaban J connectivity index is 0.922. The number of carbonyl (C=O) groups is 4. The monoisotopic (exact) mass is 655 g/mol. The van der Waals surface area contributed by atoms with E-state index in [1.54, 1.807) is 6.20 Å². The lowest BCUT2D eigenvalue weighted by Gasteiger charge is -2.59. The zero-order valence-electron chi connectivity index (χ0n) is 27.1. The molecule has 256 valence electrons. The van der Waals surface area contributed by atoms with Crippen molar-refractivity contribution in [3.8, 4) is 0 Å². The molecule has 1 aromatic heterocycles. The maximum Gasteiger partial charge on any atom is 0.326 e. The summed E-state index contributed by atoms with van der Waals surface area (Å²) in [5.41, 5.74) is 0.940. The molecule has 1 aliphatic carbocycles. The van der Waals surface area contributed by atoms with E-state index >= 15 is 0 Å². The van der Waals surface area contributed by atoms with Crippen molar-refractivity contribution >= 4 is 34.7 Å². The largest absolute Gasteiger partial charge is 0.480 e. The van der Waals surface area contributed by atoms with E-state index in [9.17, 15) is 24.3 Å². The molecule has 5 aliphatic rings. The van der Waals surface area contributed by atoms with Crippen molar-refractivity contribution in [1.82, 2.24) is 15.6 Å². The summed E-state index contributed by atoms with van der Waals surface area (Å²) in [5, 5.41) is 15.9. The fourth-order valence-corrected chi connectivity index (χ4v) is 7.96. The third-order valence-corrected chi connectivity index (χ3v) is 10.5. The van der Waals surface area contributed by atoms with E-state index in [4.69, 9.17) is 24.0 Å². The topological polar surface area (TPSA) is 175 Å². The minimum atomic E-state index is -1.13. The minimum absolute atomic E-state index is 0.0164. The number of amides is 2. The van der Waals surface area contributed by atoms with E-state index in [2.05, 4.69) is 22.5 Å². The number of hydrogen-bond acceptors (Lipinski definition) is 9. The van der Waals surface area contributed by atoms with Crippen molar-refractivity contribution in [3.63, 3.8) is 0 Å². The first-order valence-corrected chi connectivity index (χ1v) is 16.7. The number of esters is 1. The van der Waals surface area contributed by atoms with E-state index in [1.165, 1.54) is 0 Å². The number of ether oxygens (including phenoxy) is 3. The number of benzene rings is 1. The van der Waals surface area contributed by atoms with Gasteiger partial charge in [-0.3, -0.25) is 14.4 Å². The van der Waals surface area contributed by atoms with Crippen LogP contribution in [0.3, 0.4) is 0 Å². The van der Waals surface area contributed by atoms with Crippen LogP contribution in [-0.2, 0) is 49.6 Å². The summed E-state index contributed by atoms with van der Waals surface area (Å²) in [4.78, 5) is 64.6. The zero-order chi connectivity index (χ0) is 33.3. The van der Waals surface area contributed by atoms with E-state index in [1.807, 2.05) is 38.1 Å². The van der Waals surface area contributed by atoms with Gasteiger partial charge in [0.1, 0.15) is 6.04 Å². The van der Waals surface area contributed by atoms with Gasteiger partial charge in [-0.05, 0) is 56.1 Å². The second-order valence-corrected chi connectivity index (χ2v) is 13.7. The maximum absolute atomic E-state index is 12.8. The van der Waals surface area contributed by atoms with Gasteiger partial charge in [0, 0.05) is 61.2 Å². The van der Waals surface area contributed by atoms with Gasteiger partial charge in [0.15, 0.2) is 11.9 Å². The summed E-state index contributed by atoms with van der Waals surface area (Å²) >= 11 is 0. The number of rotatable bonds is 12. The van der Waals surface area contributed by atoms with Gasteiger partial charge in [-0.25, -0.2) is 14.6 Å². The number of para-hydroxylation sites is 1. The Hall–Kier alpha value is -3.52. The van der Waals surface area contributed by atoms with Crippen LogP contribution in [0.4, 0.5) is 0 Å². The lowest BCUT2D eigenvalue weighted by Crippen LogP contribution is -2.70. The van der Waals surface area contributed by atoms with Crippen LogP contribution in [-0.4, -0.2) is 70.4 Å². The predicted octanol–water partition coefficient (Wildman–Crippen LogP) is 3.71. The van der Waals surface area contributed by atoms with Gasteiger partial charge in [-0.2, -0.15) is 0 Å². The molecule has 1 aromatic carbocycles. The Morgan fingerprint density at radius 2 is 1.85 bits per heavy atom. The first kappa shape index (κ1) is 33.4. The molecular formula is C34H45N3O10. The molecule has 1 spiro atoms. The van der Waals surface area contributed by atoms with Crippen LogP contribution in [0, 0.1) is 23.7 Å². The lowest BCUT2D eigenvalue weighted by molar-refractivity contribution is -0.576. The molecule has 4 saturated heterocycles. The number of hydrogen-bond donors (Lipinski definition) is 4. The van der Waals surface area contributed by atoms with Crippen molar-refractivity contribution in [2.24, 2.45) is 23.7 Å². The Morgan fingerprint density at radius 3 is 2.66 bits per heavy atom. The highest BCUT2D eigenvalue weighted by Gasteiger charge is 2.69. The summed E-state index contributed by atoms with van der Waals surface area (Å²) in [6.07, 6.45) is 3.94. The number of fused-ring (bicyclic) bond motifs is 3. The first-order valence-electron chi connectivity index (χ1n) is 16.7. The molecule has 9 atom stereocenters. The molecular weight excluding hydrogens is 610 g/mol. The number of carbonyl (C=O) groups excluding carboxylic acids is 3. The second kappa shape index (κ2) is 13.5. The third-order valence-electron chi connectivity index (χ3n) is 10.5. The van der Waals surface area contributed by atoms with Crippen LogP contribution in [0.2, 0.25) is 0 Å². The summed E-state index contributed by atoms with van der Waals surface area (Å²) < 4.78 is 18.3. The predicted molar refractivity (Wildman–Crippen MR) is 166 cm³/mol. The first-order chi connectivity index (χ1) is 22.5. The zero-order valence-corrected chi connectivity index (χ0v) is 27.1. The highest BCUT2D eigenvalue weighted by Crippen LogP contribution is 2.60. The minimum Gasteiger partial charge on any atom is -0.480 e. The van der Waals surface area contributed by atoms with Crippen LogP contribution in [0.5, 0.6) is 0 Å². The third kappa shape index (κ3) is 6.76. The van der Waals surface area contributed by atoms with Gasteiger partial charge in [-0.15, -0.1) is 0 Å². The van der Waals surface area contributed by atoms with Crippen LogP contribution < -0.4 is 10.6 Å². The number of aromatic nitrogens is 1. The van der Waals surface area contributed by atoms with E-state index in [0.29, 0.717) is 18.8 Å². The number of nitrogens with one attached hydrogen (secondary N) is 3. The molecule has 2 bridgehead atoms. The van der Waals surface area contributed by atoms with Gasteiger partial charge in [0.25, 0.3) is 0 Å². The number of H-pyrrole nitrogens is 1. The Labute approximate surface area is 273 Å². The molecule has 2 amide bonds. The fourth-order valence-electron chi connectivity index (χ4n) is 7.96. The highest BCUT2D eigenvalue weighted by atomic mass is 17.3. The summed E-state index contributed by atoms with van der Waals surface area (Å²) in [6.45, 7) is 6.26. The van der Waals surface area contributed by atoms with Gasteiger partial charge >= 0.3 is 11.9 Å². The molecule has 2 aromatic rings. The van der Waals surface area contributed by atoms with Crippen LogP contribution in [0.25, 0.3) is 10.9 Å². The van der Waals surface area contributed by atoms with Gasteiger partial charge < -0.3 is 34.9 Å². The van der Waals surface area contributed by atoms with E-state index in [0.717, 1.165) is 35.7 Å². The number of aromatic amines is 1. The number of carboxylic acids is 1. The smallest absolute Gasteiger partial charge is 0.326 e. The molecule has 4 aliphatic heterocycles. The second-order valence-electron chi connectivity index (χ2n) is 13.7. The van der Waals surface area contributed by atoms with Gasteiger partial charge in [0.2, 0.25) is 23.9 Å². The maximum atomic E-state index is 12.8. The Bertz CT molecular complexity index is 1500. The van der Waals surface area contributed by atoms with Crippen molar-refractivity contribution in [2.45, 2.75) is 109 Å². The van der Waals surface area contributed by atoms with Crippen LogP contribution in [0.1, 0.15) is 77.7 Å². The average molecular weight is 656 g/mol. The molecule has 0 radical (unpaired) electrons. The number of carboxylic acid groups (broad SMARTS) is 1. The lowest BCUT2D eigenvalue weighted by atomic mass is 9.58. The standard InChI is InChI=1S/C34H45N3O10/c1-19-10-11-24-20(2)31(44-32-34(24)23(19)14-15-33(3,45-32)46-47-34)43-29(40)13-12-27(38)35-16-6-9-28(39)37-26(30(41)42)17-21-18-36-25-8-5-4-7-22(21)25/h4-5,7-8,18-20,23-24,26,31-32,36H,6,9-17H2,1-3H3,(H,35,38)(H,37,39)(H,41,42)/t19-,20+,23+,24-,26-,31+,32+,33-,34+/m1/s1.